The largest absolute Gasteiger partial charge is 0.385 e. The smallest absolute Gasteiger partial charge is 0.216 e. The first-order valence-electron chi connectivity index (χ1n) is 8.06. The molecule has 1 aliphatic heterocycles. The predicted molar refractivity (Wildman–Crippen MR) is 88.8 cm³/mol. The number of nitrogens with one attached hydrogen (secondary N) is 2. The van der Waals surface area contributed by atoms with Crippen LogP contribution in [-0.4, -0.2) is 30.6 Å². The lowest BCUT2D eigenvalue weighted by atomic mass is 9.74. The minimum Gasteiger partial charge on any atom is -0.385 e. The van der Waals surface area contributed by atoms with Gasteiger partial charge in [0.1, 0.15) is 5.82 Å². The number of piperidine rings is 1. The molecular weight excluding hydrogens is 319 g/mol. The Morgan fingerprint density at radius 2 is 2.30 bits per heavy atom. The molecule has 1 amide bonds. The van der Waals surface area contributed by atoms with Gasteiger partial charge >= 0.3 is 0 Å². The molecule has 0 spiro atoms. The molecule has 2 rings (SSSR count). The molecule has 6 heteroatoms. The average molecular weight is 343 g/mol. The lowest BCUT2D eigenvalue weighted by Gasteiger charge is -2.39. The van der Waals surface area contributed by atoms with Gasteiger partial charge in [-0.3, -0.25) is 4.79 Å². The fourth-order valence-electron chi connectivity index (χ4n) is 3.27. The van der Waals surface area contributed by atoms with Crippen LogP contribution < -0.4 is 10.6 Å². The molecule has 1 fully saturated rings. The van der Waals surface area contributed by atoms with E-state index in [1.807, 2.05) is 0 Å². The monoisotopic (exact) mass is 342 g/mol. The van der Waals surface area contributed by atoms with Gasteiger partial charge in [-0.15, -0.1) is 0 Å². The molecule has 0 bridgehead atoms. The van der Waals surface area contributed by atoms with E-state index >= 15 is 0 Å². The summed E-state index contributed by atoms with van der Waals surface area (Å²) < 4.78 is 13.8. The zero-order valence-corrected chi connectivity index (χ0v) is 14.1. The molecular formula is C17H24ClFN2O2. The Balaban J connectivity index is 2.20. The second-order valence-corrected chi connectivity index (χ2v) is 6.65. The number of rotatable bonds is 6. The number of hydrogen-bond donors (Lipinski definition) is 3. The topological polar surface area (TPSA) is 61.4 Å². The van der Waals surface area contributed by atoms with E-state index in [4.69, 9.17) is 11.6 Å². The van der Waals surface area contributed by atoms with Crippen molar-refractivity contribution in [1.29, 1.82) is 0 Å². The van der Waals surface area contributed by atoms with Crippen LogP contribution in [0, 0.1) is 11.7 Å². The maximum absolute atomic E-state index is 13.8. The predicted octanol–water partition coefficient (Wildman–Crippen LogP) is 2.58. The van der Waals surface area contributed by atoms with Crippen LogP contribution in [0.25, 0.3) is 0 Å². The van der Waals surface area contributed by atoms with Crippen molar-refractivity contribution in [3.8, 4) is 0 Å². The van der Waals surface area contributed by atoms with Gasteiger partial charge in [-0.1, -0.05) is 11.6 Å². The Morgan fingerprint density at radius 3 is 2.91 bits per heavy atom. The lowest BCUT2D eigenvalue weighted by Crippen LogP contribution is -2.44. The Labute approximate surface area is 141 Å². The van der Waals surface area contributed by atoms with Gasteiger partial charge in [0.15, 0.2) is 0 Å². The summed E-state index contributed by atoms with van der Waals surface area (Å²) in [7, 11) is 0. The first-order chi connectivity index (χ1) is 10.9. The minimum absolute atomic E-state index is 0.00792. The van der Waals surface area contributed by atoms with E-state index < -0.39 is 11.4 Å². The second kappa shape index (κ2) is 8.08. The molecule has 1 aliphatic rings. The first kappa shape index (κ1) is 18.2. The summed E-state index contributed by atoms with van der Waals surface area (Å²) in [6.45, 7) is 3.57. The molecule has 2 unspecified atom stereocenters. The number of aliphatic hydroxyl groups is 1. The zero-order chi connectivity index (χ0) is 16.9. The molecule has 128 valence electrons. The van der Waals surface area contributed by atoms with Crippen LogP contribution in [0.4, 0.5) is 4.39 Å². The molecule has 2 atom stereocenters. The standard InChI is InChI=1S/C17H24ClFN2O2/c1-12(22)21-7-3-5-17(23,13-4-2-6-20-11-13)14-8-15(18)10-16(19)9-14/h8-10,13,20,23H,2-7,11H2,1H3,(H,21,22). The number of halogens is 2. The Kier molecular flexibility index (Phi) is 6.39. The summed E-state index contributed by atoms with van der Waals surface area (Å²) in [6, 6.07) is 4.23. The van der Waals surface area contributed by atoms with Crippen molar-refractivity contribution in [3.63, 3.8) is 0 Å². The van der Waals surface area contributed by atoms with Crippen molar-refractivity contribution < 1.29 is 14.3 Å². The maximum atomic E-state index is 13.8. The number of amides is 1. The van der Waals surface area contributed by atoms with Crippen molar-refractivity contribution in [2.24, 2.45) is 5.92 Å². The van der Waals surface area contributed by atoms with Crippen molar-refractivity contribution in [2.75, 3.05) is 19.6 Å². The van der Waals surface area contributed by atoms with Gasteiger partial charge in [-0.05, 0) is 56.0 Å². The summed E-state index contributed by atoms with van der Waals surface area (Å²) in [5.74, 6) is -0.551. The van der Waals surface area contributed by atoms with Gasteiger partial charge < -0.3 is 15.7 Å². The highest BCUT2D eigenvalue weighted by molar-refractivity contribution is 6.30. The van der Waals surface area contributed by atoms with Crippen LogP contribution in [-0.2, 0) is 10.4 Å². The molecule has 0 aliphatic carbocycles. The van der Waals surface area contributed by atoms with Crippen LogP contribution in [0.5, 0.6) is 0 Å². The Hall–Kier alpha value is -1.17. The number of carbonyl (C=O) groups excluding carboxylic acids is 1. The van der Waals surface area contributed by atoms with E-state index in [2.05, 4.69) is 10.6 Å². The fraction of sp³-hybridized carbons (Fsp3) is 0.588. The van der Waals surface area contributed by atoms with Crippen LogP contribution in [0.3, 0.4) is 0 Å². The third-order valence-corrected chi connectivity index (χ3v) is 4.66. The average Bonchev–Trinajstić information content (AvgIpc) is 2.51. The van der Waals surface area contributed by atoms with Crippen LogP contribution >= 0.6 is 11.6 Å². The highest BCUT2D eigenvalue weighted by atomic mass is 35.5. The summed E-state index contributed by atoms with van der Waals surface area (Å²) in [4.78, 5) is 11.0. The molecule has 4 nitrogen and oxygen atoms in total. The van der Waals surface area contributed by atoms with Crippen molar-refractivity contribution >= 4 is 17.5 Å². The van der Waals surface area contributed by atoms with Gasteiger partial charge in [0.2, 0.25) is 5.91 Å². The second-order valence-electron chi connectivity index (χ2n) is 6.21. The first-order valence-corrected chi connectivity index (χ1v) is 8.44. The zero-order valence-electron chi connectivity index (χ0n) is 13.4. The van der Waals surface area contributed by atoms with Gasteiger partial charge in [-0.2, -0.15) is 0 Å². The van der Waals surface area contributed by atoms with Gasteiger partial charge in [0, 0.05) is 31.0 Å². The van der Waals surface area contributed by atoms with E-state index in [1.165, 1.54) is 19.1 Å². The quantitative estimate of drug-likeness (QED) is 0.696. The highest BCUT2D eigenvalue weighted by Crippen LogP contribution is 2.39. The van der Waals surface area contributed by atoms with E-state index in [-0.39, 0.29) is 16.8 Å². The van der Waals surface area contributed by atoms with Crippen molar-refractivity contribution in [1.82, 2.24) is 10.6 Å². The van der Waals surface area contributed by atoms with E-state index in [9.17, 15) is 14.3 Å². The van der Waals surface area contributed by atoms with E-state index in [1.54, 1.807) is 6.07 Å². The molecule has 1 heterocycles. The minimum atomic E-state index is -1.16. The van der Waals surface area contributed by atoms with E-state index in [0.29, 0.717) is 31.5 Å². The third kappa shape index (κ3) is 4.90. The normalized spacial score (nSPS) is 20.8. The lowest BCUT2D eigenvalue weighted by molar-refractivity contribution is -0.119. The van der Waals surface area contributed by atoms with Crippen molar-refractivity contribution in [3.05, 3.63) is 34.6 Å². The highest BCUT2D eigenvalue weighted by Gasteiger charge is 2.39. The van der Waals surface area contributed by atoms with Gasteiger partial charge in [0.05, 0.1) is 5.60 Å². The van der Waals surface area contributed by atoms with Gasteiger partial charge in [-0.25, -0.2) is 4.39 Å². The summed E-state index contributed by atoms with van der Waals surface area (Å²) in [6.07, 6.45) is 2.90. The Bertz CT molecular complexity index is 529. The fourth-order valence-corrected chi connectivity index (χ4v) is 3.49. The molecule has 0 radical (unpaired) electrons. The SMILES string of the molecule is CC(=O)NCCCC(O)(c1cc(F)cc(Cl)c1)C1CCCNC1. The summed E-state index contributed by atoms with van der Waals surface area (Å²) in [5, 5.41) is 17.6. The molecule has 1 aromatic rings. The number of benzene rings is 1. The van der Waals surface area contributed by atoms with Crippen molar-refractivity contribution in [2.45, 2.75) is 38.2 Å². The molecule has 23 heavy (non-hydrogen) atoms. The summed E-state index contributed by atoms with van der Waals surface area (Å²) >= 11 is 5.97. The maximum Gasteiger partial charge on any atom is 0.216 e. The van der Waals surface area contributed by atoms with Gasteiger partial charge in [0.25, 0.3) is 0 Å². The molecule has 3 N–H and O–H groups in total. The van der Waals surface area contributed by atoms with Crippen LogP contribution in [0.15, 0.2) is 18.2 Å². The Morgan fingerprint density at radius 1 is 1.52 bits per heavy atom. The summed E-state index contributed by atoms with van der Waals surface area (Å²) in [5.41, 5.74) is -0.642. The van der Waals surface area contributed by atoms with Crippen LogP contribution in [0.2, 0.25) is 5.02 Å². The molecule has 0 saturated carbocycles. The number of hydrogen-bond acceptors (Lipinski definition) is 3. The van der Waals surface area contributed by atoms with E-state index in [0.717, 1.165) is 19.4 Å². The molecule has 1 aromatic carbocycles. The molecule has 0 aromatic heterocycles. The number of carbonyl (C=O) groups is 1. The van der Waals surface area contributed by atoms with Crippen LogP contribution in [0.1, 0.15) is 38.2 Å². The molecule has 1 saturated heterocycles. The third-order valence-electron chi connectivity index (χ3n) is 4.44.